The fourth-order valence-electron chi connectivity index (χ4n) is 4.01. The standard InChI is InChI=1S/C22H27N3O4S/c1-5-22(3,4)14-8-9-15-17(11-14)30-21(18(15)19(23)26)24-20(27)13-7-6-12(2)16(10-13)25(28)29/h6-7,10,14H,5,8-9,11H2,1-4H3,(H2,23,26)(H,24,27). The fraction of sp³-hybridized carbons (Fsp3) is 0.455. The Kier molecular flexibility index (Phi) is 5.99. The third-order valence-electron chi connectivity index (χ3n) is 6.42. The van der Waals surface area contributed by atoms with Gasteiger partial charge in [0.15, 0.2) is 0 Å². The van der Waals surface area contributed by atoms with E-state index in [1.165, 1.54) is 23.5 Å². The number of primary amides is 1. The van der Waals surface area contributed by atoms with Crippen LogP contribution in [0.15, 0.2) is 18.2 Å². The van der Waals surface area contributed by atoms with E-state index in [1.54, 1.807) is 13.0 Å². The minimum absolute atomic E-state index is 0.118. The number of nitrogens with one attached hydrogen (secondary N) is 1. The van der Waals surface area contributed by atoms with Crippen LogP contribution < -0.4 is 11.1 Å². The minimum atomic E-state index is -0.564. The number of nitro benzene ring substituents is 1. The second kappa shape index (κ2) is 8.18. The van der Waals surface area contributed by atoms with E-state index in [0.29, 0.717) is 22.0 Å². The maximum absolute atomic E-state index is 12.8. The van der Waals surface area contributed by atoms with Crippen molar-refractivity contribution in [2.75, 3.05) is 5.32 Å². The minimum Gasteiger partial charge on any atom is -0.365 e. The Bertz CT molecular complexity index is 1030. The van der Waals surface area contributed by atoms with E-state index in [1.807, 2.05) is 0 Å². The number of carbonyl (C=O) groups is 2. The van der Waals surface area contributed by atoms with Gasteiger partial charge < -0.3 is 11.1 Å². The molecule has 0 spiro atoms. The van der Waals surface area contributed by atoms with Crippen molar-refractivity contribution in [2.45, 2.75) is 53.4 Å². The molecule has 160 valence electrons. The lowest BCUT2D eigenvalue weighted by Crippen LogP contribution is -2.29. The first kappa shape index (κ1) is 22.0. The molecule has 1 aromatic heterocycles. The van der Waals surface area contributed by atoms with E-state index in [4.69, 9.17) is 5.73 Å². The molecule has 1 aliphatic rings. The van der Waals surface area contributed by atoms with Crippen LogP contribution in [-0.2, 0) is 12.8 Å². The summed E-state index contributed by atoms with van der Waals surface area (Å²) in [5.41, 5.74) is 7.68. The van der Waals surface area contributed by atoms with E-state index < -0.39 is 16.7 Å². The van der Waals surface area contributed by atoms with Crippen molar-refractivity contribution >= 4 is 33.8 Å². The van der Waals surface area contributed by atoms with Crippen LogP contribution in [0.5, 0.6) is 0 Å². The van der Waals surface area contributed by atoms with E-state index in [2.05, 4.69) is 26.1 Å². The molecule has 0 saturated carbocycles. The first-order chi connectivity index (χ1) is 14.0. The number of aryl methyl sites for hydroxylation is 1. The first-order valence-electron chi connectivity index (χ1n) is 10.1. The van der Waals surface area contributed by atoms with Crippen molar-refractivity contribution in [3.05, 3.63) is 55.4 Å². The molecule has 1 heterocycles. The maximum Gasteiger partial charge on any atom is 0.273 e. The van der Waals surface area contributed by atoms with E-state index >= 15 is 0 Å². The number of benzene rings is 1. The van der Waals surface area contributed by atoms with Crippen molar-refractivity contribution in [3.8, 4) is 0 Å². The zero-order chi connectivity index (χ0) is 22.2. The Morgan fingerprint density at radius 1 is 1.37 bits per heavy atom. The summed E-state index contributed by atoms with van der Waals surface area (Å²) in [4.78, 5) is 36.7. The summed E-state index contributed by atoms with van der Waals surface area (Å²) in [7, 11) is 0. The molecule has 0 bridgehead atoms. The monoisotopic (exact) mass is 429 g/mol. The number of carbonyl (C=O) groups excluding carboxylic acids is 2. The summed E-state index contributed by atoms with van der Waals surface area (Å²) in [6, 6.07) is 4.33. The van der Waals surface area contributed by atoms with Crippen molar-refractivity contribution in [3.63, 3.8) is 0 Å². The third-order valence-corrected chi connectivity index (χ3v) is 7.59. The van der Waals surface area contributed by atoms with Gasteiger partial charge in [-0.3, -0.25) is 19.7 Å². The summed E-state index contributed by atoms with van der Waals surface area (Å²) >= 11 is 1.39. The Labute approximate surface area is 179 Å². The molecule has 1 unspecified atom stereocenters. The summed E-state index contributed by atoms with van der Waals surface area (Å²) in [5.74, 6) is -0.562. The smallest absolute Gasteiger partial charge is 0.273 e. The molecule has 0 radical (unpaired) electrons. The largest absolute Gasteiger partial charge is 0.365 e. The molecule has 0 aliphatic heterocycles. The number of hydrogen-bond donors (Lipinski definition) is 2. The Hall–Kier alpha value is -2.74. The third kappa shape index (κ3) is 4.09. The molecule has 8 heteroatoms. The SMILES string of the molecule is CCC(C)(C)C1CCc2c(sc(NC(=O)c3ccc(C)c([N+](=O)[O-])c3)c2C(N)=O)C1. The number of nitrogens with two attached hydrogens (primary N) is 1. The lowest BCUT2D eigenvalue weighted by Gasteiger charge is -2.36. The zero-order valence-corrected chi connectivity index (χ0v) is 18.5. The fourth-order valence-corrected chi connectivity index (χ4v) is 5.34. The normalized spacial score (nSPS) is 16.1. The molecule has 2 aromatic rings. The zero-order valence-electron chi connectivity index (χ0n) is 17.7. The van der Waals surface area contributed by atoms with Crippen LogP contribution >= 0.6 is 11.3 Å². The quantitative estimate of drug-likeness (QED) is 0.504. The number of amides is 2. The number of nitrogens with zero attached hydrogens (tertiary/aromatic N) is 1. The Balaban J connectivity index is 1.92. The first-order valence-corrected chi connectivity index (χ1v) is 10.9. The average molecular weight is 430 g/mol. The van der Waals surface area contributed by atoms with Gasteiger partial charge in [0.2, 0.25) is 0 Å². The van der Waals surface area contributed by atoms with Crippen LogP contribution in [-0.4, -0.2) is 16.7 Å². The summed E-state index contributed by atoms with van der Waals surface area (Å²) in [6.07, 6.45) is 3.65. The number of rotatable bonds is 6. The Morgan fingerprint density at radius 3 is 2.67 bits per heavy atom. The van der Waals surface area contributed by atoms with Gasteiger partial charge in [0.25, 0.3) is 17.5 Å². The van der Waals surface area contributed by atoms with Gasteiger partial charge in [-0.05, 0) is 49.1 Å². The Morgan fingerprint density at radius 2 is 2.07 bits per heavy atom. The second-order valence-electron chi connectivity index (χ2n) is 8.57. The molecule has 0 fully saturated rings. The maximum atomic E-state index is 12.8. The van der Waals surface area contributed by atoms with E-state index in [9.17, 15) is 19.7 Å². The number of hydrogen-bond acceptors (Lipinski definition) is 5. The average Bonchev–Trinajstić information content (AvgIpc) is 3.05. The molecule has 1 atom stereocenters. The number of fused-ring (bicyclic) bond motifs is 1. The van der Waals surface area contributed by atoms with Crippen LogP contribution in [0.2, 0.25) is 0 Å². The highest BCUT2D eigenvalue weighted by atomic mass is 32.1. The van der Waals surface area contributed by atoms with Gasteiger partial charge in [0, 0.05) is 22.1 Å². The molecular weight excluding hydrogens is 402 g/mol. The van der Waals surface area contributed by atoms with Gasteiger partial charge in [0.1, 0.15) is 5.00 Å². The van der Waals surface area contributed by atoms with E-state index in [0.717, 1.165) is 36.1 Å². The number of anilines is 1. The highest BCUT2D eigenvalue weighted by molar-refractivity contribution is 7.17. The van der Waals surface area contributed by atoms with Crippen LogP contribution in [0.1, 0.15) is 70.3 Å². The van der Waals surface area contributed by atoms with Crippen molar-refractivity contribution in [1.29, 1.82) is 0 Å². The topological polar surface area (TPSA) is 115 Å². The highest BCUT2D eigenvalue weighted by Crippen LogP contribution is 2.45. The highest BCUT2D eigenvalue weighted by Gasteiger charge is 2.35. The van der Waals surface area contributed by atoms with Crippen LogP contribution in [0, 0.1) is 28.4 Å². The van der Waals surface area contributed by atoms with Gasteiger partial charge in [-0.2, -0.15) is 0 Å². The molecular formula is C22H27N3O4S. The van der Waals surface area contributed by atoms with E-state index in [-0.39, 0.29) is 16.7 Å². The van der Waals surface area contributed by atoms with Crippen molar-refractivity contribution < 1.29 is 14.5 Å². The summed E-state index contributed by atoms with van der Waals surface area (Å²) in [6.45, 7) is 8.33. The van der Waals surface area contributed by atoms with Crippen LogP contribution in [0.25, 0.3) is 0 Å². The second-order valence-corrected chi connectivity index (χ2v) is 9.67. The predicted octanol–water partition coefficient (Wildman–Crippen LogP) is 4.86. The van der Waals surface area contributed by atoms with Gasteiger partial charge in [-0.1, -0.05) is 33.3 Å². The molecule has 0 saturated heterocycles. The van der Waals surface area contributed by atoms with Crippen molar-refractivity contribution in [2.24, 2.45) is 17.1 Å². The van der Waals surface area contributed by atoms with Crippen molar-refractivity contribution in [1.82, 2.24) is 0 Å². The molecule has 7 nitrogen and oxygen atoms in total. The molecule has 2 amide bonds. The number of nitro groups is 1. The van der Waals surface area contributed by atoms with Gasteiger partial charge in [-0.25, -0.2) is 0 Å². The molecule has 1 aromatic carbocycles. The van der Waals surface area contributed by atoms with Gasteiger partial charge in [0.05, 0.1) is 10.5 Å². The summed E-state index contributed by atoms with van der Waals surface area (Å²) < 4.78 is 0. The van der Waals surface area contributed by atoms with Gasteiger partial charge >= 0.3 is 0 Å². The molecule has 3 N–H and O–H groups in total. The molecule has 3 rings (SSSR count). The molecule has 1 aliphatic carbocycles. The lowest BCUT2D eigenvalue weighted by atomic mass is 9.69. The molecule has 30 heavy (non-hydrogen) atoms. The summed E-state index contributed by atoms with van der Waals surface area (Å²) in [5, 5.41) is 14.4. The number of thiophene rings is 1. The van der Waals surface area contributed by atoms with Crippen LogP contribution in [0.3, 0.4) is 0 Å². The lowest BCUT2D eigenvalue weighted by molar-refractivity contribution is -0.385. The van der Waals surface area contributed by atoms with Crippen LogP contribution in [0.4, 0.5) is 10.7 Å². The predicted molar refractivity (Wildman–Crippen MR) is 118 cm³/mol. The van der Waals surface area contributed by atoms with Gasteiger partial charge in [-0.15, -0.1) is 11.3 Å².